The lowest BCUT2D eigenvalue weighted by Crippen LogP contribution is -2.28. The zero-order chi connectivity index (χ0) is 15.2. The quantitative estimate of drug-likeness (QED) is 0.708. The summed E-state index contributed by atoms with van der Waals surface area (Å²) in [6.07, 6.45) is 3.03. The van der Waals surface area contributed by atoms with E-state index in [1.165, 1.54) is 0 Å². The molecule has 0 amide bonds. The standard InChI is InChI=1S/C16H25Cl2NO/c1-5-10-19-15(8-9-16(2,3)20-4)13-7-6-12(17)11-14(13)18/h6-7,11,15,19H,5,8-10H2,1-4H3. The average molecular weight is 318 g/mol. The third kappa shape index (κ3) is 5.61. The predicted octanol–water partition coefficient (Wildman–Crippen LogP) is 5.24. The third-order valence-corrected chi connectivity index (χ3v) is 4.13. The van der Waals surface area contributed by atoms with Gasteiger partial charge in [-0.2, -0.15) is 0 Å². The van der Waals surface area contributed by atoms with Gasteiger partial charge in [0.15, 0.2) is 0 Å². The zero-order valence-electron chi connectivity index (χ0n) is 12.8. The van der Waals surface area contributed by atoms with Gasteiger partial charge in [0.1, 0.15) is 0 Å². The SMILES string of the molecule is CCCNC(CCC(C)(C)OC)c1ccc(Cl)cc1Cl. The van der Waals surface area contributed by atoms with Gasteiger partial charge in [-0.25, -0.2) is 0 Å². The van der Waals surface area contributed by atoms with Gasteiger partial charge in [0.25, 0.3) is 0 Å². The smallest absolute Gasteiger partial charge is 0.0623 e. The average Bonchev–Trinajstić information content (AvgIpc) is 2.40. The van der Waals surface area contributed by atoms with Crippen molar-refractivity contribution in [1.82, 2.24) is 5.32 Å². The third-order valence-electron chi connectivity index (χ3n) is 3.57. The molecule has 1 unspecified atom stereocenters. The molecular weight excluding hydrogens is 293 g/mol. The first kappa shape index (κ1) is 17.8. The maximum atomic E-state index is 6.33. The highest BCUT2D eigenvalue weighted by Crippen LogP contribution is 2.31. The Bertz CT molecular complexity index is 421. The molecular formula is C16H25Cl2NO. The largest absolute Gasteiger partial charge is 0.379 e. The molecule has 1 atom stereocenters. The van der Waals surface area contributed by atoms with Crippen LogP contribution < -0.4 is 5.32 Å². The van der Waals surface area contributed by atoms with Gasteiger partial charge in [-0.3, -0.25) is 0 Å². The van der Waals surface area contributed by atoms with E-state index in [0.29, 0.717) is 5.02 Å². The Balaban J connectivity index is 2.82. The first-order valence-electron chi connectivity index (χ1n) is 7.13. The van der Waals surface area contributed by atoms with Gasteiger partial charge in [0.2, 0.25) is 0 Å². The minimum atomic E-state index is -0.120. The second-order valence-corrected chi connectivity index (χ2v) is 6.52. The lowest BCUT2D eigenvalue weighted by atomic mass is 9.94. The van der Waals surface area contributed by atoms with Gasteiger partial charge >= 0.3 is 0 Å². The number of hydrogen-bond acceptors (Lipinski definition) is 2. The van der Waals surface area contributed by atoms with Crippen molar-refractivity contribution in [3.63, 3.8) is 0 Å². The number of ether oxygens (including phenoxy) is 1. The highest BCUT2D eigenvalue weighted by molar-refractivity contribution is 6.35. The van der Waals surface area contributed by atoms with Crippen molar-refractivity contribution in [1.29, 1.82) is 0 Å². The van der Waals surface area contributed by atoms with Crippen molar-refractivity contribution in [3.8, 4) is 0 Å². The lowest BCUT2D eigenvalue weighted by Gasteiger charge is -2.27. The zero-order valence-corrected chi connectivity index (χ0v) is 14.3. The molecule has 0 spiro atoms. The number of halogens is 2. The Labute approximate surface area is 132 Å². The predicted molar refractivity (Wildman–Crippen MR) is 87.8 cm³/mol. The van der Waals surface area contributed by atoms with E-state index in [4.69, 9.17) is 27.9 Å². The molecule has 0 fully saturated rings. The molecule has 1 aromatic carbocycles. The molecule has 4 heteroatoms. The first-order valence-corrected chi connectivity index (χ1v) is 7.88. The molecule has 1 rings (SSSR count). The normalized spacial score (nSPS) is 13.5. The van der Waals surface area contributed by atoms with Crippen LogP contribution in [-0.2, 0) is 4.74 Å². The summed E-state index contributed by atoms with van der Waals surface area (Å²) < 4.78 is 5.50. The van der Waals surface area contributed by atoms with E-state index in [1.54, 1.807) is 13.2 Å². The molecule has 0 heterocycles. The molecule has 0 saturated heterocycles. The van der Waals surface area contributed by atoms with E-state index < -0.39 is 0 Å². The van der Waals surface area contributed by atoms with Crippen LogP contribution in [0.25, 0.3) is 0 Å². The molecule has 0 aliphatic carbocycles. The summed E-state index contributed by atoms with van der Waals surface area (Å²) >= 11 is 12.3. The summed E-state index contributed by atoms with van der Waals surface area (Å²) in [6.45, 7) is 7.34. The molecule has 1 aromatic rings. The van der Waals surface area contributed by atoms with Gasteiger partial charge < -0.3 is 10.1 Å². The van der Waals surface area contributed by atoms with Crippen LogP contribution >= 0.6 is 23.2 Å². The van der Waals surface area contributed by atoms with Crippen molar-refractivity contribution in [2.75, 3.05) is 13.7 Å². The Morgan fingerprint density at radius 3 is 2.55 bits per heavy atom. The minimum absolute atomic E-state index is 0.120. The summed E-state index contributed by atoms with van der Waals surface area (Å²) in [5.74, 6) is 0. The Kier molecular flexibility index (Phi) is 7.32. The van der Waals surface area contributed by atoms with E-state index in [-0.39, 0.29) is 11.6 Å². The number of hydrogen-bond donors (Lipinski definition) is 1. The monoisotopic (exact) mass is 317 g/mol. The van der Waals surface area contributed by atoms with Crippen molar-refractivity contribution in [2.24, 2.45) is 0 Å². The second-order valence-electron chi connectivity index (χ2n) is 5.68. The fraction of sp³-hybridized carbons (Fsp3) is 0.625. The topological polar surface area (TPSA) is 21.3 Å². The van der Waals surface area contributed by atoms with Gasteiger partial charge in [0, 0.05) is 23.2 Å². The molecule has 2 nitrogen and oxygen atoms in total. The van der Waals surface area contributed by atoms with E-state index in [9.17, 15) is 0 Å². The Morgan fingerprint density at radius 2 is 2.00 bits per heavy atom. The summed E-state index contributed by atoms with van der Waals surface area (Å²) in [4.78, 5) is 0. The molecule has 20 heavy (non-hydrogen) atoms. The van der Waals surface area contributed by atoms with Crippen molar-refractivity contribution in [2.45, 2.75) is 51.7 Å². The van der Waals surface area contributed by atoms with E-state index >= 15 is 0 Å². The molecule has 0 aromatic heterocycles. The summed E-state index contributed by atoms with van der Waals surface area (Å²) in [5, 5.41) is 4.95. The lowest BCUT2D eigenvalue weighted by molar-refractivity contribution is 0.0117. The number of benzene rings is 1. The molecule has 114 valence electrons. The first-order chi connectivity index (χ1) is 9.39. The van der Waals surface area contributed by atoms with Crippen LogP contribution in [0, 0.1) is 0 Å². The molecule has 0 aliphatic rings. The van der Waals surface area contributed by atoms with Gasteiger partial charge in [-0.05, 0) is 57.4 Å². The number of nitrogens with one attached hydrogen (secondary N) is 1. The molecule has 0 radical (unpaired) electrons. The Morgan fingerprint density at radius 1 is 1.30 bits per heavy atom. The van der Waals surface area contributed by atoms with Crippen LogP contribution in [-0.4, -0.2) is 19.3 Å². The van der Waals surface area contributed by atoms with Crippen LogP contribution in [0.5, 0.6) is 0 Å². The molecule has 0 aliphatic heterocycles. The van der Waals surface area contributed by atoms with Crippen molar-refractivity contribution >= 4 is 23.2 Å². The van der Waals surface area contributed by atoms with Crippen molar-refractivity contribution in [3.05, 3.63) is 33.8 Å². The molecule has 0 saturated carbocycles. The highest BCUT2D eigenvalue weighted by Gasteiger charge is 2.21. The van der Waals surface area contributed by atoms with E-state index in [0.717, 1.165) is 36.4 Å². The number of rotatable bonds is 8. The van der Waals surface area contributed by atoms with Crippen LogP contribution in [0.15, 0.2) is 18.2 Å². The van der Waals surface area contributed by atoms with Crippen LogP contribution in [0.2, 0.25) is 10.0 Å². The maximum Gasteiger partial charge on any atom is 0.0623 e. The van der Waals surface area contributed by atoms with Crippen LogP contribution in [0.3, 0.4) is 0 Å². The summed E-state index contributed by atoms with van der Waals surface area (Å²) in [5.41, 5.74) is 0.988. The summed E-state index contributed by atoms with van der Waals surface area (Å²) in [7, 11) is 1.75. The molecule has 1 N–H and O–H groups in total. The fourth-order valence-electron chi connectivity index (χ4n) is 2.06. The van der Waals surface area contributed by atoms with Crippen LogP contribution in [0.1, 0.15) is 51.6 Å². The number of methoxy groups -OCH3 is 1. The Hall–Kier alpha value is -0.280. The molecule has 0 bridgehead atoms. The van der Waals surface area contributed by atoms with Crippen molar-refractivity contribution < 1.29 is 4.74 Å². The van der Waals surface area contributed by atoms with Gasteiger partial charge in [-0.1, -0.05) is 36.2 Å². The highest BCUT2D eigenvalue weighted by atomic mass is 35.5. The maximum absolute atomic E-state index is 6.33. The second kappa shape index (κ2) is 8.23. The van der Waals surface area contributed by atoms with E-state index in [2.05, 4.69) is 26.1 Å². The van der Waals surface area contributed by atoms with Crippen LogP contribution in [0.4, 0.5) is 0 Å². The van der Waals surface area contributed by atoms with Gasteiger partial charge in [-0.15, -0.1) is 0 Å². The minimum Gasteiger partial charge on any atom is -0.379 e. The van der Waals surface area contributed by atoms with Gasteiger partial charge in [0.05, 0.1) is 5.60 Å². The fourth-order valence-corrected chi connectivity index (χ4v) is 2.60. The van der Waals surface area contributed by atoms with E-state index in [1.807, 2.05) is 12.1 Å². The summed E-state index contributed by atoms with van der Waals surface area (Å²) in [6, 6.07) is 5.94.